The number of halogens is 1. The number of para-hydroxylation sites is 1. The molecule has 28 heavy (non-hydrogen) atoms. The predicted molar refractivity (Wildman–Crippen MR) is 109 cm³/mol. The highest BCUT2D eigenvalue weighted by atomic mass is 32.2. The minimum atomic E-state index is -0.502. The Kier molecular flexibility index (Phi) is 6.65. The van der Waals surface area contributed by atoms with Gasteiger partial charge in [0.2, 0.25) is 17.7 Å². The number of thioether (sulfide) groups is 1. The maximum absolute atomic E-state index is 13.5. The fourth-order valence-electron chi connectivity index (χ4n) is 2.83. The van der Waals surface area contributed by atoms with Gasteiger partial charge < -0.3 is 15.5 Å². The highest BCUT2D eigenvalue weighted by Crippen LogP contribution is 2.23. The molecule has 0 unspecified atom stereocenters. The third kappa shape index (κ3) is 5.32. The van der Waals surface area contributed by atoms with Crippen LogP contribution >= 0.6 is 11.8 Å². The van der Waals surface area contributed by atoms with Crippen LogP contribution in [-0.4, -0.2) is 35.8 Å². The Morgan fingerprint density at radius 2 is 1.68 bits per heavy atom. The maximum Gasteiger partial charge on any atom is 0.234 e. The van der Waals surface area contributed by atoms with E-state index in [9.17, 15) is 18.8 Å². The van der Waals surface area contributed by atoms with Gasteiger partial charge in [0.05, 0.1) is 17.2 Å². The lowest BCUT2D eigenvalue weighted by atomic mass is 10.2. The van der Waals surface area contributed by atoms with Crippen LogP contribution in [0.1, 0.15) is 12.8 Å². The Balaban J connectivity index is 1.41. The zero-order valence-electron chi connectivity index (χ0n) is 15.1. The van der Waals surface area contributed by atoms with Crippen molar-refractivity contribution in [3.63, 3.8) is 0 Å². The summed E-state index contributed by atoms with van der Waals surface area (Å²) in [7, 11) is 0. The average Bonchev–Trinajstić information content (AvgIpc) is 3.10. The van der Waals surface area contributed by atoms with Crippen LogP contribution in [-0.2, 0) is 14.4 Å². The normalized spacial score (nSPS) is 13.5. The summed E-state index contributed by atoms with van der Waals surface area (Å²) in [6.45, 7) is 0.718. The second kappa shape index (κ2) is 9.36. The molecule has 0 saturated carbocycles. The van der Waals surface area contributed by atoms with E-state index in [1.165, 1.54) is 12.1 Å². The predicted octanol–water partition coefficient (Wildman–Crippen LogP) is 3.26. The van der Waals surface area contributed by atoms with Gasteiger partial charge in [-0.25, -0.2) is 4.39 Å². The topological polar surface area (TPSA) is 78.5 Å². The summed E-state index contributed by atoms with van der Waals surface area (Å²) < 4.78 is 13.5. The number of hydrogen-bond donors (Lipinski definition) is 2. The Labute approximate surface area is 166 Å². The van der Waals surface area contributed by atoms with E-state index in [0.29, 0.717) is 12.1 Å². The molecule has 0 radical (unpaired) electrons. The molecule has 0 atom stereocenters. The fraction of sp³-hybridized carbons (Fsp3) is 0.250. The largest absolute Gasteiger partial charge is 0.325 e. The molecule has 1 fully saturated rings. The van der Waals surface area contributed by atoms with Crippen LogP contribution in [0, 0.1) is 5.82 Å². The molecule has 1 saturated heterocycles. The molecule has 2 aromatic carbocycles. The fourth-order valence-corrected chi connectivity index (χ4v) is 3.45. The van der Waals surface area contributed by atoms with E-state index in [2.05, 4.69) is 10.6 Å². The van der Waals surface area contributed by atoms with Gasteiger partial charge >= 0.3 is 0 Å². The van der Waals surface area contributed by atoms with Gasteiger partial charge in [-0.2, -0.15) is 0 Å². The summed E-state index contributed by atoms with van der Waals surface area (Å²) in [4.78, 5) is 37.3. The van der Waals surface area contributed by atoms with Gasteiger partial charge in [0, 0.05) is 24.3 Å². The van der Waals surface area contributed by atoms with E-state index in [1.807, 2.05) is 0 Å². The number of nitrogens with zero attached hydrogens (tertiary/aromatic N) is 1. The van der Waals surface area contributed by atoms with E-state index in [0.717, 1.165) is 30.4 Å². The van der Waals surface area contributed by atoms with Crippen LogP contribution in [0.5, 0.6) is 0 Å². The van der Waals surface area contributed by atoms with Crippen LogP contribution in [0.4, 0.5) is 21.5 Å². The molecular weight excluding hydrogens is 381 g/mol. The molecule has 2 aromatic rings. The first-order chi connectivity index (χ1) is 13.5. The van der Waals surface area contributed by atoms with Crippen molar-refractivity contribution in [3.8, 4) is 0 Å². The molecule has 2 N–H and O–H groups in total. The summed E-state index contributed by atoms with van der Waals surface area (Å²) in [6, 6.07) is 13.0. The van der Waals surface area contributed by atoms with Crippen LogP contribution in [0.15, 0.2) is 48.5 Å². The number of carbonyl (C=O) groups excluding carboxylic acids is 3. The summed E-state index contributed by atoms with van der Waals surface area (Å²) in [5.41, 5.74) is 1.56. The molecule has 0 aliphatic carbocycles. The monoisotopic (exact) mass is 401 g/mol. The highest BCUT2D eigenvalue weighted by Gasteiger charge is 2.21. The van der Waals surface area contributed by atoms with Crippen LogP contribution in [0.25, 0.3) is 0 Å². The molecule has 8 heteroatoms. The van der Waals surface area contributed by atoms with Gasteiger partial charge in [0.25, 0.3) is 0 Å². The van der Waals surface area contributed by atoms with Crippen LogP contribution in [0.3, 0.4) is 0 Å². The molecule has 3 rings (SSSR count). The second-order valence-corrected chi connectivity index (χ2v) is 7.25. The molecule has 1 heterocycles. The molecular formula is C20H20FN3O3S. The first kappa shape index (κ1) is 19.9. The van der Waals surface area contributed by atoms with E-state index < -0.39 is 5.82 Å². The van der Waals surface area contributed by atoms with Crippen LogP contribution < -0.4 is 15.5 Å². The quantitative estimate of drug-likeness (QED) is 0.747. The van der Waals surface area contributed by atoms with Crippen molar-refractivity contribution in [3.05, 3.63) is 54.3 Å². The Hall–Kier alpha value is -2.87. The molecule has 0 spiro atoms. The summed E-state index contributed by atoms with van der Waals surface area (Å²) in [5, 5.41) is 5.22. The number of amides is 3. The standard InChI is InChI=1S/C20H20FN3O3S/c21-16-4-1-2-5-17(16)23-19(26)13-28-12-18(25)22-14-7-9-15(10-8-14)24-11-3-6-20(24)27/h1-2,4-5,7-10H,3,6,11-13H2,(H,22,25)(H,23,26). The summed E-state index contributed by atoms with van der Waals surface area (Å²) in [5.74, 6) is -0.870. The zero-order chi connectivity index (χ0) is 19.9. The molecule has 3 amide bonds. The Morgan fingerprint density at radius 3 is 2.32 bits per heavy atom. The van der Waals surface area contributed by atoms with Crippen molar-refractivity contribution < 1.29 is 18.8 Å². The van der Waals surface area contributed by atoms with Gasteiger partial charge in [0.1, 0.15) is 5.82 Å². The molecule has 6 nitrogen and oxygen atoms in total. The van der Waals surface area contributed by atoms with Gasteiger partial charge in [-0.1, -0.05) is 12.1 Å². The number of carbonyl (C=O) groups is 3. The maximum atomic E-state index is 13.5. The second-order valence-electron chi connectivity index (χ2n) is 6.26. The van der Waals surface area contributed by atoms with Gasteiger partial charge in [0.15, 0.2) is 0 Å². The number of anilines is 3. The van der Waals surface area contributed by atoms with Gasteiger partial charge in [-0.05, 0) is 42.8 Å². The Bertz CT molecular complexity index is 873. The number of hydrogen-bond acceptors (Lipinski definition) is 4. The number of benzene rings is 2. The van der Waals surface area contributed by atoms with Crippen molar-refractivity contribution >= 4 is 46.5 Å². The summed E-state index contributed by atoms with van der Waals surface area (Å²) >= 11 is 1.14. The SMILES string of the molecule is O=C(CSCC(=O)Nc1ccccc1F)Nc1ccc(N2CCCC2=O)cc1. The lowest BCUT2D eigenvalue weighted by Crippen LogP contribution is -2.23. The first-order valence-corrected chi connectivity index (χ1v) is 10.0. The van der Waals surface area contributed by atoms with Crippen molar-refractivity contribution in [1.29, 1.82) is 0 Å². The van der Waals surface area contributed by atoms with Crippen molar-refractivity contribution in [2.45, 2.75) is 12.8 Å². The Morgan fingerprint density at radius 1 is 1.00 bits per heavy atom. The summed E-state index contributed by atoms with van der Waals surface area (Å²) in [6.07, 6.45) is 1.43. The minimum absolute atomic E-state index is 0.0394. The number of rotatable bonds is 7. The molecule has 1 aliphatic heterocycles. The smallest absolute Gasteiger partial charge is 0.234 e. The molecule has 1 aliphatic rings. The zero-order valence-corrected chi connectivity index (χ0v) is 15.9. The van der Waals surface area contributed by atoms with E-state index >= 15 is 0 Å². The third-order valence-electron chi connectivity index (χ3n) is 4.15. The van der Waals surface area contributed by atoms with Gasteiger partial charge in [-0.15, -0.1) is 11.8 Å². The molecule has 0 bridgehead atoms. The number of nitrogens with one attached hydrogen (secondary N) is 2. The van der Waals surface area contributed by atoms with Crippen molar-refractivity contribution in [2.75, 3.05) is 33.6 Å². The molecule has 146 valence electrons. The average molecular weight is 401 g/mol. The van der Waals surface area contributed by atoms with Crippen LogP contribution in [0.2, 0.25) is 0 Å². The minimum Gasteiger partial charge on any atom is -0.325 e. The van der Waals surface area contributed by atoms with E-state index in [1.54, 1.807) is 41.3 Å². The highest BCUT2D eigenvalue weighted by molar-refractivity contribution is 8.00. The third-order valence-corrected chi connectivity index (χ3v) is 5.08. The first-order valence-electron chi connectivity index (χ1n) is 8.85. The molecule has 0 aromatic heterocycles. The van der Waals surface area contributed by atoms with Gasteiger partial charge in [-0.3, -0.25) is 14.4 Å². The lowest BCUT2D eigenvalue weighted by molar-refractivity contribution is -0.117. The van der Waals surface area contributed by atoms with Crippen molar-refractivity contribution in [2.24, 2.45) is 0 Å². The van der Waals surface area contributed by atoms with E-state index in [4.69, 9.17) is 0 Å². The van der Waals surface area contributed by atoms with E-state index in [-0.39, 0.29) is 34.9 Å². The van der Waals surface area contributed by atoms with Crippen molar-refractivity contribution in [1.82, 2.24) is 0 Å². The lowest BCUT2D eigenvalue weighted by Gasteiger charge is -2.16.